The molecule has 0 unspecified atom stereocenters. The molecule has 0 N–H and O–H groups in total. The molecule has 29 heavy (non-hydrogen) atoms. The average Bonchev–Trinajstić information content (AvgIpc) is 3.12. The Balaban J connectivity index is 1.80. The number of benzene rings is 2. The van der Waals surface area contributed by atoms with Crippen LogP contribution >= 0.6 is 27.7 Å². The number of rotatable bonds is 4. The lowest BCUT2D eigenvalue weighted by molar-refractivity contribution is -0.123. The minimum atomic E-state index is -0.209. The van der Waals surface area contributed by atoms with Gasteiger partial charge in [-0.25, -0.2) is 0 Å². The highest BCUT2D eigenvalue weighted by Crippen LogP contribution is 2.36. The first-order valence-electron chi connectivity index (χ1n) is 9.46. The van der Waals surface area contributed by atoms with Gasteiger partial charge in [0.1, 0.15) is 0 Å². The monoisotopic (exact) mass is 468 g/mol. The van der Waals surface area contributed by atoms with E-state index in [0.29, 0.717) is 4.91 Å². The van der Waals surface area contributed by atoms with E-state index in [-0.39, 0.29) is 17.2 Å². The molecule has 3 aromatic rings. The van der Waals surface area contributed by atoms with Crippen LogP contribution in [-0.4, -0.2) is 26.7 Å². The number of hydrogen-bond acceptors (Lipinski definition) is 3. The van der Waals surface area contributed by atoms with Crippen molar-refractivity contribution >= 4 is 55.8 Å². The predicted molar refractivity (Wildman–Crippen MR) is 123 cm³/mol. The van der Waals surface area contributed by atoms with Gasteiger partial charge in [-0.1, -0.05) is 46.3 Å². The molecular formula is C23H21BrN2O2S. The second-order valence-electron chi connectivity index (χ2n) is 7.37. The van der Waals surface area contributed by atoms with Crippen LogP contribution in [0.25, 0.3) is 17.0 Å². The molecule has 1 aromatic heterocycles. The highest BCUT2D eigenvalue weighted by atomic mass is 79.9. The van der Waals surface area contributed by atoms with E-state index < -0.39 is 0 Å². The molecule has 1 aliphatic heterocycles. The van der Waals surface area contributed by atoms with Gasteiger partial charge in [0.2, 0.25) is 0 Å². The Kier molecular flexibility index (Phi) is 5.40. The lowest BCUT2D eigenvalue weighted by Crippen LogP contribution is -2.34. The van der Waals surface area contributed by atoms with Crippen LogP contribution in [0, 0.1) is 6.92 Å². The van der Waals surface area contributed by atoms with Gasteiger partial charge < -0.3 is 4.57 Å². The second kappa shape index (κ2) is 7.84. The summed E-state index contributed by atoms with van der Waals surface area (Å²) in [4.78, 5) is 26.8. The van der Waals surface area contributed by atoms with E-state index in [1.807, 2.05) is 44.2 Å². The first-order chi connectivity index (χ1) is 13.9. The average molecular weight is 469 g/mol. The second-order valence-corrected chi connectivity index (χ2v) is 9.28. The molecule has 2 aromatic carbocycles. The lowest BCUT2D eigenvalue weighted by atomic mass is 10.1. The van der Waals surface area contributed by atoms with Crippen LogP contribution in [0.1, 0.15) is 30.7 Å². The van der Waals surface area contributed by atoms with Crippen molar-refractivity contribution in [3.05, 3.63) is 74.7 Å². The Morgan fingerprint density at radius 1 is 1.07 bits per heavy atom. The van der Waals surface area contributed by atoms with E-state index in [4.69, 9.17) is 0 Å². The number of aromatic nitrogens is 1. The fraction of sp³-hybridized carbons (Fsp3) is 0.217. The standard InChI is InChI=1S/C23H21BrN2O2S/c1-14(2)26-22(27)21(29-23(26)28)12-19-15(3)25(20-7-5-4-6-18(19)20)13-16-8-10-17(24)11-9-16/h4-12,14H,13H2,1-3H3/b21-12+. The summed E-state index contributed by atoms with van der Waals surface area (Å²) >= 11 is 4.50. The summed E-state index contributed by atoms with van der Waals surface area (Å²) in [5.74, 6) is -0.209. The third-order valence-corrected chi connectivity index (χ3v) is 6.56. The molecule has 0 atom stereocenters. The van der Waals surface area contributed by atoms with E-state index in [0.717, 1.165) is 44.9 Å². The Bertz CT molecular complexity index is 1150. The number of amides is 2. The molecule has 6 heteroatoms. The van der Waals surface area contributed by atoms with E-state index in [9.17, 15) is 9.59 Å². The number of carbonyl (C=O) groups excluding carboxylic acids is 2. The summed E-state index contributed by atoms with van der Waals surface area (Å²) in [6.45, 7) is 6.52. The first-order valence-corrected chi connectivity index (χ1v) is 11.1. The van der Waals surface area contributed by atoms with E-state index in [2.05, 4.69) is 51.7 Å². The van der Waals surface area contributed by atoms with Crippen LogP contribution in [0.5, 0.6) is 0 Å². The summed E-state index contributed by atoms with van der Waals surface area (Å²) in [5, 5.41) is 0.881. The SMILES string of the molecule is Cc1c(/C=C2/SC(=O)N(C(C)C)C2=O)c2ccccc2n1Cc1ccc(Br)cc1. The number of para-hydroxylation sites is 1. The largest absolute Gasteiger partial charge is 0.340 e. The first kappa shape index (κ1) is 20.0. The molecule has 0 radical (unpaired) electrons. The summed E-state index contributed by atoms with van der Waals surface area (Å²) < 4.78 is 3.31. The van der Waals surface area contributed by atoms with Gasteiger partial charge in [0.15, 0.2) is 0 Å². The van der Waals surface area contributed by atoms with Crippen molar-refractivity contribution in [1.82, 2.24) is 9.47 Å². The number of hydrogen-bond donors (Lipinski definition) is 0. The van der Waals surface area contributed by atoms with Gasteiger partial charge in [-0.15, -0.1) is 0 Å². The van der Waals surface area contributed by atoms with Crippen LogP contribution in [0.15, 0.2) is 57.9 Å². The summed E-state index contributed by atoms with van der Waals surface area (Å²) in [7, 11) is 0. The maximum Gasteiger partial charge on any atom is 0.293 e. The number of imide groups is 1. The topological polar surface area (TPSA) is 42.3 Å². The smallest absolute Gasteiger partial charge is 0.293 e. The molecular weight excluding hydrogens is 448 g/mol. The molecule has 2 amide bonds. The zero-order chi connectivity index (χ0) is 20.7. The fourth-order valence-corrected chi connectivity index (χ4v) is 4.88. The molecule has 4 rings (SSSR count). The molecule has 1 saturated heterocycles. The fourth-order valence-electron chi connectivity index (χ4n) is 3.67. The molecule has 4 nitrogen and oxygen atoms in total. The van der Waals surface area contributed by atoms with Crippen LogP contribution in [0.3, 0.4) is 0 Å². The highest BCUT2D eigenvalue weighted by molar-refractivity contribution is 9.10. The van der Waals surface area contributed by atoms with Crippen molar-refractivity contribution in [3.63, 3.8) is 0 Å². The number of carbonyl (C=O) groups is 2. The van der Waals surface area contributed by atoms with Crippen LogP contribution in [0.4, 0.5) is 4.79 Å². The number of thioether (sulfide) groups is 1. The third kappa shape index (κ3) is 3.67. The molecule has 0 saturated carbocycles. The van der Waals surface area contributed by atoms with Gasteiger partial charge in [-0.05, 0) is 62.4 Å². The van der Waals surface area contributed by atoms with Crippen LogP contribution in [-0.2, 0) is 11.3 Å². The zero-order valence-corrected chi connectivity index (χ0v) is 18.9. The van der Waals surface area contributed by atoms with Gasteiger partial charge in [0.25, 0.3) is 11.1 Å². The van der Waals surface area contributed by atoms with Gasteiger partial charge in [-0.3, -0.25) is 14.5 Å². The molecule has 1 aliphatic rings. The van der Waals surface area contributed by atoms with Crippen molar-refractivity contribution < 1.29 is 9.59 Å². The Morgan fingerprint density at radius 3 is 2.41 bits per heavy atom. The molecule has 0 spiro atoms. The van der Waals surface area contributed by atoms with Crippen molar-refractivity contribution in [1.29, 1.82) is 0 Å². The highest BCUT2D eigenvalue weighted by Gasteiger charge is 2.37. The normalized spacial score (nSPS) is 16.0. The van der Waals surface area contributed by atoms with Gasteiger partial charge >= 0.3 is 0 Å². The number of nitrogens with zero attached hydrogens (tertiary/aromatic N) is 2. The van der Waals surface area contributed by atoms with Crippen LogP contribution < -0.4 is 0 Å². The minimum Gasteiger partial charge on any atom is -0.340 e. The summed E-state index contributed by atoms with van der Waals surface area (Å²) in [6.07, 6.45) is 1.88. The van der Waals surface area contributed by atoms with Gasteiger partial charge in [-0.2, -0.15) is 0 Å². The molecule has 148 valence electrons. The quantitative estimate of drug-likeness (QED) is 0.427. The molecule has 0 aliphatic carbocycles. The Hall–Kier alpha value is -2.31. The summed E-state index contributed by atoms with van der Waals surface area (Å²) in [6, 6.07) is 16.3. The van der Waals surface area contributed by atoms with Crippen molar-refractivity contribution in [2.24, 2.45) is 0 Å². The van der Waals surface area contributed by atoms with E-state index in [1.54, 1.807) is 0 Å². The van der Waals surface area contributed by atoms with Gasteiger partial charge in [0, 0.05) is 39.2 Å². The van der Waals surface area contributed by atoms with Crippen molar-refractivity contribution in [2.75, 3.05) is 0 Å². The van der Waals surface area contributed by atoms with Gasteiger partial charge in [0.05, 0.1) is 4.91 Å². The number of fused-ring (bicyclic) bond motifs is 1. The lowest BCUT2D eigenvalue weighted by Gasteiger charge is -2.16. The predicted octanol–water partition coefficient (Wildman–Crippen LogP) is 6.21. The third-order valence-electron chi connectivity index (χ3n) is 5.15. The van der Waals surface area contributed by atoms with Crippen molar-refractivity contribution in [3.8, 4) is 0 Å². The molecule has 1 fully saturated rings. The Labute approximate surface area is 182 Å². The maximum atomic E-state index is 12.7. The van der Waals surface area contributed by atoms with E-state index in [1.165, 1.54) is 10.5 Å². The van der Waals surface area contributed by atoms with Crippen molar-refractivity contribution in [2.45, 2.75) is 33.4 Å². The molecule has 2 heterocycles. The summed E-state index contributed by atoms with van der Waals surface area (Å²) in [5.41, 5.74) is 4.38. The zero-order valence-electron chi connectivity index (χ0n) is 16.5. The van der Waals surface area contributed by atoms with E-state index >= 15 is 0 Å². The number of halogens is 1. The van der Waals surface area contributed by atoms with Crippen LogP contribution in [0.2, 0.25) is 0 Å². The minimum absolute atomic E-state index is 0.145. The maximum absolute atomic E-state index is 12.7. The Morgan fingerprint density at radius 2 is 1.76 bits per heavy atom. The molecule has 0 bridgehead atoms.